The van der Waals surface area contributed by atoms with Gasteiger partial charge in [0.15, 0.2) is 0 Å². The topological polar surface area (TPSA) is 94.5 Å². The van der Waals surface area contributed by atoms with E-state index in [0.717, 1.165) is 0 Å². The van der Waals surface area contributed by atoms with Gasteiger partial charge in [0.25, 0.3) is 11.7 Å². The number of hydrogen-bond donors (Lipinski definition) is 1. The molecule has 0 aromatic heterocycles. The summed E-state index contributed by atoms with van der Waals surface area (Å²) < 4.78 is 21.7. The highest BCUT2D eigenvalue weighted by molar-refractivity contribution is 6.46. The van der Waals surface area contributed by atoms with Crippen LogP contribution in [0.5, 0.6) is 17.2 Å². The minimum Gasteiger partial charge on any atom is -0.507 e. The number of ether oxygens (including phenoxy) is 4. The summed E-state index contributed by atoms with van der Waals surface area (Å²) in [5.74, 6) is 0.358. The SMILES string of the molecule is COCCCN1C(=O)C(=O)C(=C(O)c2ccc(OCC(C)C)cc2)C1c1ccc(OC)cc1OC. The molecule has 1 N–H and O–H groups in total. The third kappa shape index (κ3) is 5.77. The highest BCUT2D eigenvalue weighted by Gasteiger charge is 2.46. The first kappa shape index (κ1) is 26.1. The molecule has 2 aromatic carbocycles. The summed E-state index contributed by atoms with van der Waals surface area (Å²) >= 11 is 0. The van der Waals surface area contributed by atoms with E-state index in [1.54, 1.807) is 56.7 Å². The van der Waals surface area contributed by atoms with Crippen LogP contribution in [0, 0.1) is 5.92 Å². The zero-order chi connectivity index (χ0) is 25.5. The van der Waals surface area contributed by atoms with Gasteiger partial charge in [0.05, 0.1) is 32.4 Å². The van der Waals surface area contributed by atoms with Crippen LogP contribution in [0.3, 0.4) is 0 Å². The lowest BCUT2D eigenvalue weighted by atomic mass is 9.94. The lowest BCUT2D eigenvalue weighted by molar-refractivity contribution is -0.140. The molecule has 1 amide bonds. The average molecular weight is 484 g/mol. The summed E-state index contributed by atoms with van der Waals surface area (Å²) in [6, 6.07) is 11.1. The number of rotatable bonds is 11. The van der Waals surface area contributed by atoms with E-state index in [9.17, 15) is 14.7 Å². The van der Waals surface area contributed by atoms with Crippen LogP contribution in [0.2, 0.25) is 0 Å². The van der Waals surface area contributed by atoms with Crippen molar-refractivity contribution >= 4 is 17.4 Å². The maximum Gasteiger partial charge on any atom is 0.295 e. The molecule has 3 rings (SSSR count). The molecule has 8 nitrogen and oxygen atoms in total. The zero-order valence-electron chi connectivity index (χ0n) is 20.9. The van der Waals surface area contributed by atoms with Crippen molar-refractivity contribution in [1.82, 2.24) is 4.90 Å². The maximum atomic E-state index is 13.2. The molecule has 35 heavy (non-hydrogen) atoms. The molecule has 1 atom stereocenters. The Morgan fingerprint density at radius 2 is 1.69 bits per heavy atom. The van der Waals surface area contributed by atoms with Crippen molar-refractivity contribution in [2.24, 2.45) is 5.92 Å². The lowest BCUT2D eigenvalue weighted by Gasteiger charge is -2.26. The first-order valence-corrected chi connectivity index (χ1v) is 11.5. The van der Waals surface area contributed by atoms with Gasteiger partial charge in [0.1, 0.15) is 23.0 Å². The molecule has 8 heteroatoms. The smallest absolute Gasteiger partial charge is 0.295 e. The van der Waals surface area contributed by atoms with Gasteiger partial charge in [-0.1, -0.05) is 13.8 Å². The van der Waals surface area contributed by atoms with Crippen molar-refractivity contribution < 1.29 is 33.6 Å². The van der Waals surface area contributed by atoms with Gasteiger partial charge in [-0.05, 0) is 48.7 Å². The van der Waals surface area contributed by atoms with Gasteiger partial charge in [0.2, 0.25) is 0 Å². The molecule has 188 valence electrons. The Morgan fingerprint density at radius 3 is 2.29 bits per heavy atom. The molecule has 0 spiro atoms. The average Bonchev–Trinajstić information content (AvgIpc) is 3.11. The number of likely N-dealkylation sites (tertiary alicyclic amines) is 1. The molecule has 0 aliphatic carbocycles. The van der Waals surface area contributed by atoms with E-state index in [0.29, 0.717) is 53.9 Å². The molecule has 1 unspecified atom stereocenters. The summed E-state index contributed by atoms with van der Waals surface area (Å²) in [5.41, 5.74) is 0.990. The summed E-state index contributed by atoms with van der Waals surface area (Å²) in [6.07, 6.45) is 0.528. The monoisotopic (exact) mass is 483 g/mol. The number of hydrogen-bond acceptors (Lipinski definition) is 7. The number of carbonyl (C=O) groups excluding carboxylic acids is 2. The predicted molar refractivity (Wildman–Crippen MR) is 132 cm³/mol. The van der Waals surface area contributed by atoms with E-state index in [2.05, 4.69) is 13.8 Å². The fourth-order valence-electron chi connectivity index (χ4n) is 3.98. The highest BCUT2D eigenvalue weighted by Crippen LogP contribution is 2.43. The van der Waals surface area contributed by atoms with Gasteiger partial charge in [-0.2, -0.15) is 0 Å². The summed E-state index contributed by atoms with van der Waals surface area (Å²) in [4.78, 5) is 27.7. The Morgan fingerprint density at radius 1 is 1.00 bits per heavy atom. The second-order valence-electron chi connectivity index (χ2n) is 8.68. The van der Waals surface area contributed by atoms with Crippen molar-refractivity contribution in [3.05, 3.63) is 59.2 Å². The Hall–Kier alpha value is -3.52. The quantitative estimate of drug-likeness (QED) is 0.222. The first-order valence-electron chi connectivity index (χ1n) is 11.5. The van der Waals surface area contributed by atoms with Crippen LogP contribution in [0.1, 0.15) is 37.4 Å². The number of Topliss-reactive ketones (excluding diaryl/α,β-unsaturated/α-hetero) is 1. The molecule has 0 saturated carbocycles. The Bertz CT molecular complexity index is 1080. The van der Waals surface area contributed by atoms with Crippen LogP contribution in [-0.4, -0.2) is 62.8 Å². The number of benzene rings is 2. The van der Waals surface area contributed by atoms with E-state index >= 15 is 0 Å². The number of aliphatic hydroxyl groups is 1. The van der Waals surface area contributed by atoms with Gasteiger partial charge in [-0.3, -0.25) is 9.59 Å². The minimum atomic E-state index is -0.829. The van der Waals surface area contributed by atoms with Crippen LogP contribution in [0.15, 0.2) is 48.0 Å². The fraction of sp³-hybridized carbons (Fsp3) is 0.407. The van der Waals surface area contributed by atoms with E-state index < -0.39 is 17.7 Å². The fourth-order valence-corrected chi connectivity index (χ4v) is 3.98. The normalized spacial score (nSPS) is 17.2. The largest absolute Gasteiger partial charge is 0.507 e. The standard InChI is InChI=1S/C27H33NO7/c1-17(2)16-35-19-9-7-18(8-10-19)25(29)23-24(21-12-11-20(33-4)15-22(21)34-5)28(13-6-14-32-3)27(31)26(23)30/h7-12,15,17,24,29H,6,13-14,16H2,1-5H3. The van der Waals surface area contributed by atoms with Crippen LogP contribution in [0.25, 0.3) is 5.76 Å². The molecule has 1 fully saturated rings. The number of aliphatic hydroxyl groups excluding tert-OH is 1. The molecule has 0 radical (unpaired) electrons. The first-order chi connectivity index (χ1) is 16.8. The van der Waals surface area contributed by atoms with Crippen molar-refractivity contribution in [2.45, 2.75) is 26.3 Å². The second-order valence-corrected chi connectivity index (χ2v) is 8.68. The Labute approximate surface area is 206 Å². The van der Waals surface area contributed by atoms with Gasteiger partial charge in [0, 0.05) is 37.5 Å². The van der Waals surface area contributed by atoms with Crippen molar-refractivity contribution in [1.29, 1.82) is 0 Å². The summed E-state index contributed by atoms with van der Waals surface area (Å²) in [7, 11) is 4.62. The van der Waals surface area contributed by atoms with E-state index in [1.165, 1.54) is 12.0 Å². The van der Waals surface area contributed by atoms with Crippen LogP contribution in [-0.2, 0) is 14.3 Å². The molecular weight excluding hydrogens is 450 g/mol. The van der Waals surface area contributed by atoms with Crippen LogP contribution >= 0.6 is 0 Å². The second kappa shape index (κ2) is 11.8. The van der Waals surface area contributed by atoms with Gasteiger partial charge in [-0.15, -0.1) is 0 Å². The van der Waals surface area contributed by atoms with Crippen LogP contribution < -0.4 is 14.2 Å². The van der Waals surface area contributed by atoms with E-state index in [1.807, 2.05) is 0 Å². The Balaban J connectivity index is 2.08. The van der Waals surface area contributed by atoms with Gasteiger partial charge in [-0.25, -0.2) is 0 Å². The number of amides is 1. The molecular formula is C27H33NO7. The highest BCUT2D eigenvalue weighted by atomic mass is 16.5. The Kier molecular flexibility index (Phi) is 8.76. The van der Waals surface area contributed by atoms with E-state index in [4.69, 9.17) is 18.9 Å². The number of carbonyl (C=O) groups is 2. The number of methoxy groups -OCH3 is 3. The molecule has 1 saturated heterocycles. The molecule has 1 aliphatic heterocycles. The summed E-state index contributed by atoms with van der Waals surface area (Å²) in [6.45, 7) is 5.37. The third-order valence-corrected chi connectivity index (χ3v) is 5.73. The minimum absolute atomic E-state index is 0.00623. The molecule has 1 aliphatic rings. The zero-order valence-corrected chi connectivity index (χ0v) is 20.9. The molecule has 1 heterocycles. The maximum absolute atomic E-state index is 13.2. The van der Waals surface area contributed by atoms with Gasteiger partial charge >= 0.3 is 0 Å². The lowest BCUT2D eigenvalue weighted by Crippen LogP contribution is -2.31. The van der Waals surface area contributed by atoms with Crippen LogP contribution in [0.4, 0.5) is 0 Å². The summed E-state index contributed by atoms with van der Waals surface area (Å²) in [5, 5.41) is 11.3. The molecule has 2 aromatic rings. The van der Waals surface area contributed by atoms with E-state index in [-0.39, 0.29) is 17.9 Å². The van der Waals surface area contributed by atoms with Gasteiger partial charge < -0.3 is 29.0 Å². The molecule has 0 bridgehead atoms. The predicted octanol–water partition coefficient (Wildman–Crippen LogP) is 4.20. The van der Waals surface area contributed by atoms with Crippen molar-refractivity contribution in [2.75, 3.05) is 41.1 Å². The van der Waals surface area contributed by atoms with Crippen molar-refractivity contribution in [3.63, 3.8) is 0 Å². The number of ketones is 1. The number of nitrogens with zero attached hydrogens (tertiary/aromatic N) is 1. The third-order valence-electron chi connectivity index (χ3n) is 5.73. The van der Waals surface area contributed by atoms with Crippen molar-refractivity contribution in [3.8, 4) is 17.2 Å².